The van der Waals surface area contributed by atoms with Gasteiger partial charge in [0.1, 0.15) is 6.61 Å². The van der Waals surface area contributed by atoms with Gasteiger partial charge in [0.15, 0.2) is 23.1 Å². The second-order valence-electron chi connectivity index (χ2n) is 8.81. The molecule has 1 aliphatic heterocycles. The first-order valence-corrected chi connectivity index (χ1v) is 13.0. The van der Waals surface area contributed by atoms with Crippen LogP contribution >= 0.6 is 34.2 Å². The Morgan fingerprint density at radius 1 is 1.00 bits per heavy atom. The highest BCUT2D eigenvalue weighted by molar-refractivity contribution is 14.1. The predicted octanol–water partition coefficient (Wildman–Crippen LogP) is 6.23. The molecule has 0 bridgehead atoms. The summed E-state index contributed by atoms with van der Waals surface area (Å²) >= 11 is 8.53. The van der Waals surface area contributed by atoms with Gasteiger partial charge in [-0.05, 0) is 72.0 Å². The fourth-order valence-corrected chi connectivity index (χ4v) is 6.10. The van der Waals surface area contributed by atoms with Crippen LogP contribution in [0.2, 0.25) is 5.02 Å². The van der Waals surface area contributed by atoms with Crippen molar-refractivity contribution in [1.29, 1.82) is 0 Å². The first-order chi connectivity index (χ1) is 16.5. The van der Waals surface area contributed by atoms with Crippen molar-refractivity contribution in [2.24, 2.45) is 0 Å². The molecular formula is C27H25ClINO4. The lowest BCUT2D eigenvalue weighted by molar-refractivity contribution is -0.116. The molecule has 0 unspecified atom stereocenters. The second kappa shape index (κ2) is 9.74. The van der Waals surface area contributed by atoms with E-state index in [1.165, 1.54) is 0 Å². The lowest BCUT2D eigenvalue weighted by Crippen LogP contribution is -2.36. The normalized spacial score (nSPS) is 18.4. The van der Waals surface area contributed by atoms with E-state index in [1.807, 2.05) is 36.4 Å². The molecular weight excluding hydrogens is 565 g/mol. The number of benzene rings is 2. The van der Waals surface area contributed by atoms with Crippen molar-refractivity contribution in [2.75, 3.05) is 7.11 Å². The molecule has 7 heteroatoms. The zero-order chi connectivity index (χ0) is 23.8. The van der Waals surface area contributed by atoms with Crippen LogP contribution in [0.3, 0.4) is 0 Å². The summed E-state index contributed by atoms with van der Waals surface area (Å²) in [6.07, 6.45) is 4.36. The monoisotopic (exact) mass is 589 g/mol. The summed E-state index contributed by atoms with van der Waals surface area (Å²) in [7, 11) is 1.60. The van der Waals surface area contributed by atoms with Gasteiger partial charge in [-0.1, -0.05) is 29.8 Å². The minimum atomic E-state index is -0.369. The third kappa shape index (κ3) is 4.26. The van der Waals surface area contributed by atoms with E-state index in [0.717, 1.165) is 62.9 Å². The van der Waals surface area contributed by atoms with Gasteiger partial charge in [-0.2, -0.15) is 0 Å². The smallest absolute Gasteiger partial charge is 0.174 e. The maximum Gasteiger partial charge on any atom is 0.174 e. The molecule has 5 nitrogen and oxygen atoms in total. The van der Waals surface area contributed by atoms with Gasteiger partial charge >= 0.3 is 0 Å². The summed E-state index contributed by atoms with van der Waals surface area (Å²) in [6, 6.07) is 11.5. The molecule has 34 heavy (non-hydrogen) atoms. The molecule has 2 aliphatic carbocycles. The van der Waals surface area contributed by atoms with Crippen molar-refractivity contribution in [3.8, 4) is 11.5 Å². The molecule has 0 fully saturated rings. The van der Waals surface area contributed by atoms with E-state index in [0.29, 0.717) is 36.0 Å². The van der Waals surface area contributed by atoms with Gasteiger partial charge in [0.25, 0.3) is 0 Å². The first kappa shape index (κ1) is 23.4. The largest absolute Gasteiger partial charge is 0.493 e. The molecule has 0 aromatic heterocycles. The summed E-state index contributed by atoms with van der Waals surface area (Å²) in [5.41, 5.74) is 5.20. The highest BCUT2D eigenvalue weighted by atomic mass is 127. The van der Waals surface area contributed by atoms with Crippen LogP contribution in [0.25, 0.3) is 0 Å². The third-order valence-electron chi connectivity index (χ3n) is 6.71. The number of methoxy groups -OCH3 is 1. The summed E-state index contributed by atoms with van der Waals surface area (Å²) < 4.78 is 12.7. The van der Waals surface area contributed by atoms with Crippen molar-refractivity contribution in [3.63, 3.8) is 0 Å². The van der Waals surface area contributed by atoms with Gasteiger partial charge in [0.05, 0.1) is 10.7 Å². The number of halogens is 2. The van der Waals surface area contributed by atoms with Gasteiger partial charge in [-0.25, -0.2) is 0 Å². The van der Waals surface area contributed by atoms with Gasteiger partial charge in [0, 0.05) is 51.9 Å². The molecule has 0 amide bonds. The second-order valence-corrected chi connectivity index (χ2v) is 10.4. The summed E-state index contributed by atoms with van der Waals surface area (Å²) in [5, 5.41) is 4.11. The highest BCUT2D eigenvalue weighted by Crippen LogP contribution is 2.47. The number of carbonyl (C=O) groups is 2. The maximum absolute atomic E-state index is 13.1. The number of hydrogen-bond acceptors (Lipinski definition) is 5. The van der Waals surface area contributed by atoms with Crippen LogP contribution in [0.15, 0.2) is 58.9 Å². The number of rotatable bonds is 5. The summed E-state index contributed by atoms with van der Waals surface area (Å²) in [5.74, 6) is 1.07. The molecule has 3 aliphatic rings. The van der Waals surface area contributed by atoms with Crippen LogP contribution < -0.4 is 14.8 Å². The SMILES string of the molecule is COc1cc(C2C3=C(CCCC3=O)NC3=C2C(=O)CCC3)cc(I)c1OCc1ccccc1Cl. The van der Waals surface area contributed by atoms with Crippen molar-refractivity contribution in [2.45, 2.75) is 51.0 Å². The molecule has 176 valence electrons. The maximum atomic E-state index is 13.1. The van der Waals surface area contributed by atoms with Gasteiger partial charge in [-0.3, -0.25) is 9.59 Å². The summed E-state index contributed by atoms with van der Waals surface area (Å²) in [6.45, 7) is 0.306. The molecule has 0 radical (unpaired) electrons. The molecule has 0 saturated heterocycles. The van der Waals surface area contributed by atoms with Crippen LogP contribution in [-0.4, -0.2) is 18.7 Å². The van der Waals surface area contributed by atoms with Crippen molar-refractivity contribution in [3.05, 3.63) is 78.7 Å². The Hall–Kier alpha value is -2.32. The summed E-state index contributed by atoms with van der Waals surface area (Å²) in [4.78, 5) is 26.2. The number of allylic oxidation sites excluding steroid dienone is 4. The first-order valence-electron chi connectivity index (χ1n) is 11.5. The van der Waals surface area contributed by atoms with E-state index in [4.69, 9.17) is 21.1 Å². The number of dihydropyridines is 1. The van der Waals surface area contributed by atoms with Crippen LogP contribution in [0.1, 0.15) is 55.6 Å². The Kier molecular flexibility index (Phi) is 6.71. The zero-order valence-electron chi connectivity index (χ0n) is 18.9. The number of carbonyl (C=O) groups excluding carboxylic acids is 2. The van der Waals surface area contributed by atoms with E-state index in [1.54, 1.807) is 7.11 Å². The third-order valence-corrected chi connectivity index (χ3v) is 7.88. The molecule has 0 saturated carbocycles. The van der Waals surface area contributed by atoms with E-state index in [9.17, 15) is 9.59 Å². The van der Waals surface area contributed by atoms with E-state index in [-0.39, 0.29) is 17.5 Å². The predicted molar refractivity (Wildman–Crippen MR) is 139 cm³/mol. The van der Waals surface area contributed by atoms with Crippen LogP contribution in [0.5, 0.6) is 11.5 Å². The lowest BCUT2D eigenvalue weighted by Gasteiger charge is -2.37. The molecule has 1 N–H and O–H groups in total. The van der Waals surface area contributed by atoms with E-state index in [2.05, 4.69) is 27.9 Å². The van der Waals surface area contributed by atoms with Crippen molar-refractivity contribution < 1.29 is 19.1 Å². The Morgan fingerprint density at radius 2 is 1.65 bits per heavy atom. The molecule has 0 spiro atoms. The number of ketones is 2. The minimum Gasteiger partial charge on any atom is -0.493 e. The van der Waals surface area contributed by atoms with Gasteiger partial charge < -0.3 is 14.8 Å². The molecule has 5 rings (SSSR count). The standard InChI is InChI=1S/C27H25ClINO4/c1-33-23-13-16(12-18(29)27(23)34-14-15-6-2-3-7-17(15)28)24-25-19(8-4-10-21(25)31)30-20-9-5-11-22(32)26(20)24/h2-3,6-7,12-13,24,30H,4-5,8-11,14H2,1H3. The lowest BCUT2D eigenvalue weighted by atomic mass is 9.71. The number of nitrogens with one attached hydrogen (secondary N) is 1. The van der Waals surface area contributed by atoms with E-state index < -0.39 is 0 Å². The van der Waals surface area contributed by atoms with E-state index >= 15 is 0 Å². The minimum absolute atomic E-state index is 0.122. The van der Waals surface area contributed by atoms with Crippen molar-refractivity contribution >= 4 is 45.8 Å². The number of Topliss-reactive ketones (excluding diaryl/α,β-unsaturated/α-hetero) is 2. The topological polar surface area (TPSA) is 64.6 Å². The fourth-order valence-electron chi connectivity index (χ4n) is 5.13. The Morgan fingerprint density at radius 3 is 2.26 bits per heavy atom. The van der Waals surface area contributed by atoms with Crippen LogP contribution in [0, 0.1) is 3.57 Å². The fraction of sp³-hybridized carbons (Fsp3) is 0.333. The Balaban J connectivity index is 1.57. The average molecular weight is 590 g/mol. The van der Waals surface area contributed by atoms with Gasteiger partial charge in [0.2, 0.25) is 0 Å². The van der Waals surface area contributed by atoms with Crippen molar-refractivity contribution in [1.82, 2.24) is 5.32 Å². The Labute approximate surface area is 217 Å². The number of ether oxygens (including phenoxy) is 2. The Bertz CT molecular complexity index is 1210. The van der Waals surface area contributed by atoms with Gasteiger partial charge in [-0.15, -0.1) is 0 Å². The molecule has 1 heterocycles. The molecule has 2 aromatic carbocycles. The quantitative estimate of drug-likeness (QED) is 0.419. The highest BCUT2D eigenvalue weighted by Gasteiger charge is 2.40. The van der Waals surface area contributed by atoms with Crippen LogP contribution in [0.4, 0.5) is 0 Å². The molecule has 2 aromatic rings. The number of hydrogen-bond donors (Lipinski definition) is 1. The zero-order valence-corrected chi connectivity index (χ0v) is 21.8. The molecule has 0 atom stereocenters. The van der Waals surface area contributed by atoms with Crippen LogP contribution in [-0.2, 0) is 16.2 Å². The average Bonchev–Trinajstić information content (AvgIpc) is 2.83.